The van der Waals surface area contributed by atoms with Crippen LogP contribution in [0.15, 0.2) is 213 Å². The van der Waals surface area contributed by atoms with Gasteiger partial charge in [0.05, 0.1) is 44.8 Å². The highest BCUT2D eigenvalue weighted by Crippen LogP contribution is 2.64. The summed E-state index contributed by atoms with van der Waals surface area (Å²) in [7, 11) is 0. The first-order valence-corrected chi connectivity index (χ1v) is 22.2. The summed E-state index contributed by atoms with van der Waals surface area (Å²) in [6.45, 7) is 0. The molecule has 0 bridgehead atoms. The van der Waals surface area contributed by atoms with Gasteiger partial charge in [0.15, 0.2) is 11.6 Å². The number of benzene rings is 9. The SMILES string of the molecule is N#Cc1cc(-c2cccc3c2Oc2c(-n4c5ccccc5c5cc(-n6c7ccccc7c7ccccc76)ccc54)cccc2C32c3ccccc3-c3ccccc32)ccc1-c1ncccn1. The molecule has 0 fully saturated rings. The number of para-hydroxylation sites is 5. The lowest BCUT2D eigenvalue weighted by Crippen LogP contribution is -2.32. The molecule has 66 heavy (non-hydrogen) atoms. The fourth-order valence-electron chi connectivity index (χ4n) is 11.3. The minimum Gasteiger partial charge on any atom is -0.454 e. The summed E-state index contributed by atoms with van der Waals surface area (Å²) in [6, 6.07) is 73.8. The van der Waals surface area contributed by atoms with Gasteiger partial charge in [0, 0.05) is 61.9 Å². The molecule has 0 radical (unpaired) electrons. The Labute approximate surface area is 379 Å². The summed E-state index contributed by atoms with van der Waals surface area (Å²) < 4.78 is 12.3. The van der Waals surface area contributed by atoms with Gasteiger partial charge in [-0.2, -0.15) is 5.26 Å². The van der Waals surface area contributed by atoms with E-state index in [9.17, 15) is 5.26 Å². The van der Waals surface area contributed by atoms with E-state index in [4.69, 9.17) is 4.74 Å². The molecule has 2 aliphatic rings. The van der Waals surface area contributed by atoms with Crippen molar-refractivity contribution in [2.45, 2.75) is 5.41 Å². The Kier molecular flexibility index (Phi) is 7.58. The van der Waals surface area contributed by atoms with Crippen molar-refractivity contribution in [1.82, 2.24) is 19.1 Å². The number of ether oxygens (including phenoxy) is 1. The highest BCUT2D eigenvalue weighted by atomic mass is 16.5. The standard InChI is InChI=1S/C60H35N5O/c61-36-38-34-37(28-30-41(38)59-62-32-13-33-63-59)40-19-11-22-50-57(40)66-58-51(60(50)48-20-6-1-14-42(48)43-15-2-7-21-49(43)60)23-12-27-56(58)65-54-26-10-5-18-46(54)47-35-39(29-31-55(47)65)64-52-24-8-3-16-44(52)45-17-4-9-25-53(45)64/h1-35H. The summed E-state index contributed by atoms with van der Waals surface area (Å²) in [6.07, 6.45) is 3.40. The maximum absolute atomic E-state index is 10.5. The molecule has 1 aliphatic heterocycles. The van der Waals surface area contributed by atoms with Gasteiger partial charge in [-0.25, -0.2) is 9.97 Å². The van der Waals surface area contributed by atoms with Gasteiger partial charge in [0.1, 0.15) is 5.75 Å². The molecule has 6 heteroatoms. The molecule has 0 atom stereocenters. The molecule has 0 saturated heterocycles. The molecule has 14 rings (SSSR count). The molecule has 9 aromatic carbocycles. The molecule has 1 aliphatic carbocycles. The Balaban J connectivity index is 1.04. The number of nitriles is 1. The van der Waals surface area contributed by atoms with E-state index >= 15 is 0 Å². The molecule has 4 heterocycles. The van der Waals surface area contributed by atoms with Crippen molar-refractivity contribution in [1.29, 1.82) is 5.26 Å². The van der Waals surface area contributed by atoms with E-state index in [1.165, 1.54) is 44.1 Å². The lowest BCUT2D eigenvalue weighted by molar-refractivity contribution is 0.436. The molecule has 0 saturated carbocycles. The summed E-state index contributed by atoms with van der Waals surface area (Å²) in [5.74, 6) is 2.05. The van der Waals surface area contributed by atoms with Gasteiger partial charge in [-0.3, -0.25) is 0 Å². The van der Waals surface area contributed by atoms with Crippen molar-refractivity contribution in [2.24, 2.45) is 0 Å². The van der Waals surface area contributed by atoms with Gasteiger partial charge < -0.3 is 13.9 Å². The van der Waals surface area contributed by atoms with Crippen LogP contribution in [-0.2, 0) is 5.41 Å². The number of aromatic nitrogens is 4. The largest absolute Gasteiger partial charge is 0.454 e. The number of hydrogen-bond acceptors (Lipinski definition) is 4. The third kappa shape index (κ3) is 4.83. The highest BCUT2D eigenvalue weighted by Gasteiger charge is 2.52. The second-order valence-electron chi connectivity index (χ2n) is 17.1. The fourth-order valence-corrected chi connectivity index (χ4v) is 11.3. The second-order valence-corrected chi connectivity index (χ2v) is 17.1. The van der Waals surface area contributed by atoms with E-state index < -0.39 is 5.41 Å². The van der Waals surface area contributed by atoms with Gasteiger partial charge in [0.2, 0.25) is 0 Å². The van der Waals surface area contributed by atoms with E-state index in [0.29, 0.717) is 17.0 Å². The second kappa shape index (κ2) is 13.7. The van der Waals surface area contributed by atoms with Crippen molar-refractivity contribution >= 4 is 43.6 Å². The van der Waals surface area contributed by atoms with Crippen molar-refractivity contribution in [3.63, 3.8) is 0 Å². The quantitative estimate of drug-likeness (QED) is 0.177. The lowest BCUT2D eigenvalue weighted by Gasteiger charge is -2.40. The maximum atomic E-state index is 10.5. The van der Waals surface area contributed by atoms with Crippen molar-refractivity contribution in [2.75, 3.05) is 0 Å². The van der Waals surface area contributed by atoms with Crippen LogP contribution in [0, 0.1) is 11.3 Å². The number of rotatable bonds is 4. The molecule has 3 aromatic heterocycles. The molecule has 1 spiro atoms. The summed E-state index contributed by atoms with van der Waals surface area (Å²) in [5.41, 5.74) is 15.7. The average Bonchev–Trinajstić information content (AvgIpc) is 4.00. The zero-order chi connectivity index (χ0) is 43.5. The van der Waals surface area contributed by atoms with Gasteiger partial charge in [-0.05, 0) is 88.5 Å². The first-order chi connectivity index (χ1) is 32.7. The van der Waals surface area contributed by atoms with E-state index in [1.807, 2.05) is 12.1 Å². The van der Waals surface area contributed by atoms with E-state index in [2.05, 4.69) is 207 Å². The molecular formula is C60H35N5O. The van der Waals surface area contributed by atoms with Crippen LogP contribution in [0.5, 0.6) is 11.5 Å². The summed E-state index contributed by atoms with van der Waals surface area (Å²) in [4.78, 5) is 8.95. The Morgan fingerprint density at radius 2 is 0.970 bits per heavy atom. The maximum Gasteiger partial charge on any atom is 0.160 e. The van der Waals surface area contributed by atoms with Crippen LogP contribution >= 0.6 is 0 Å². The van der Waals surface area contributed by atoms with Crippen molar-refractivity contribution in [3.8, 4) is 62.6 Å². The van der Waals surface area contributed by atoms with Crippen LogP contribution in [0.25, 0.3) is 88.6 Å². The lowest BCUT2D eigenvalue weighted by atomic mass is 9.65. The zero-order valence-electron chi connectivity index (χ0n) is 35.4. The monoisotopic (exact) mass is 841 g/mol. The van der Waals surface area contributed by atoms with E-state index in [0.717, 1.165) is 66.9 Å². The van der Waals surface area contributed by atoms with Crippen LogP contribution in [0.2, 0.25) is 0 Å². The Morgan fingerprint density at radius 3 is 1.65 bits per heavy atom. The minimum absolute atomic E-state index is 0.491. The smallest absolute Gasteiger partial charge is 0.160 e. The zero-order valence-corrected chi connectivity index (χ0v) is 35.4. The molecule has 12 aromatic rings. The van der Waals surface area contributed by atoms with Crippen LogP contribution < -0.4 is 4.74 Å². The predicted molar refractivity (Wildman–Crippen MR) is 264 cm³/mol. The molecule has 0 amide bonds. The van der Waals surface area contributed by atoms with Crippen LogP contribution in [-0.4, -0.2) is 19.1 Å². The van der Waals surface area contributed by atoms with Gasteiger partial charge in [-0.1, -0.05) is 140 Å². The van der Waals surface area contributed by atoms with Crippen molar-refractivity contribution < 1.29 is 4.74 Å². The Morgan fingerprint density at radius 1 is 0.424 bits per heavy atom. The first kappa shape index (κ1) is 36.4. The molecule has 0 N–H and O–H groups in total. The topological polar surface area (TPSA) is 68.7 Å². The fraction of sp³-hybridized carbons (Fsp3) is 0.0167. The predicted octanol–water partition coefficient (Wildman–Crippen LogP) is 14.3. The Hall–Kier alpha value is -9.05. The third-order valence-electron chi connectivity index (χ3n) is 14.0. The first-order valence-electron chi connectivity index (χ1n) is 22.2. The highest BCUT2D eigenvalue weighted by molar-refractivity contribution is 6.12. The van der Waals surface area contributed by atoms with Crippen LogP contribution in [0.3, 0.4) is 0 Å². The van der Waals surface area contributed by atoms with Gasteiger partial charge in [-0.15, -0.1) is 0 Å². The van der Waals surface area contributed by atoms with Crippen molar-refractivity contribution in [3.05, 3.63) is 240 Å². The molecule has 6 nitrogen and oxygen atoms in total. The third-order valence-corrected chi connectivity index (χ3v) is 14.0. The van der Waals surface area contributed by atoms with E-state index in [1.54, 1.807) is 18.5 Å². The van der Waals surface area contributed by atoms with E-state index in [-0.39, 0.29) is 0 Å². The number of nitrogens with zero attached hydrogens (tertiary/aromatic N) is 5. The minimum atomic E-state index is -0.722. The van der Waals surface area contributed by atoms with Gasteiger partial charge >= 0.3 is 0 Å². The summed E-state index contributed by atoms with van der Waals surface area (Å²) in [5, 5.41) is 15.3. The average molecular weight is 842 g/mol. The number of hydrogen-bond donors (Lipinski definition) is 0. The normalized spacial score (nSPS) is 13.1. The van der Waals surface area contributed by atoms with Crippen LogP contribution in [0.1, 0.15) is 27.8 Å². The summed E-state index contributed by atoms with van der Waals surface area (Å²) >= 11 is 0. The van der Waals surface area contributed by atoms with Crippen LogP contribution in [0.4, 0.5) is 0 Å². The van der Waals surface area contributed by atoms with Gasteiger partial charge in [0.25, 0.3) is 0 Å². The molecule has 0 unspecified atom stereocenters. The molecular weight excluding hydrogens is 807 g/mol. The number of fused-ring (bicyclic) bond motifs is 15. The Bertz CT molecular complexity index is 3960. The molecule has 306 valence electrons.